The number of halogens is 3. The van der Waals surface area contributed by atoms with Gasteiger partial charge in [-0.3, -0.25) is 0 Å². The second-order valence-electron chi connectivity index (χ2n) is 8.07. The number of amides is 2. The highest BCUT2D eigenvalue weighted by Gasteiger charge is 2.32. The lowest BCUT2D eigenvalue weighted by molar-refractivity contribution is -0.137. The number of rotatable bonds is 8. The minimum Gasteiger partial charge on any atom is -0.379 e. The molecule has 3 aromatic carbocycles. The van der Waals surface area contributed by atoms with Crippen molar-refractivity contribution in [3.05, 3.63) is 95.6 Å². The molecule has 3 rings (SSSR count). The molecular weight excluding hydrogens is 481 g/mol. The maximum atomic E-state index is 12.9. The van der Waals surface area contributed by atoms with Gasteiger partial charge in [-0.15, -0.1) is 0 Å². The molecule has 0 saturated heterocycles. The van der Waals surface area contributed by atoms with Crippen LogP contribution in [-0.4, -0.2) is 25.4 Å². The van der Waals surface area contributed by atoms with Gasteiger partial charge in [0, 0.05) is 19.1 Å². The van der Waals surface area contributed by atoms with Crippen molar-refractivity contribution in [3.63, 3.8) is 0 Å². The zero-order valence-electron chi connectivity index (χ0n) is 19.1. The molecule has 0 aliphatic heterocycles. The van der Waals surface area contributed by atoms with E-state index in [1.54, 1.807) is 17.0 Å². The monoisotopic (exact) mass is 506 g/mol. The topological polar surface area (TPSA) is 75.7 Å². The Bertz CT molecular complexity index is 1250. The number of hydrogen-bond acceptors (Lipinski definition) is 4. The van der Waals surface area contributed by atoms with E-state index in [0.717, 1.165) is 29.3 Å². The van der Waals surface area contributed by atoms with Crippen molar-refractivity contribution in [1.82, 2.24) is 10.2 Å². The summed E-state index contributed by atoms with van der Waals surface area (Å²) in [6.45, 7) is 4.39. The fourth-order valence-corrected chi connectivity index (χ4v) is 4.19. The van der Waals surface area contributed by atoms with Crippen LogP contribution in [0.3, 0.4) is 0 Å². The summed E-state index contributed by atoms with van der Waals surface area (Å²) in [4.78, 5) is 13.7. The number of benzene rings is 3. The van der Waals surface area contributed by atoms with Gasteiger partial charge in [0.05, 0.1) is 5.56 Å². The zero-order chi connectivity index (χ0) is 25.6. The Morgan fingerprint density at radius 2 is 1.60 bits per heavy atom. The van der Waals surface area contributed by atoms with Crippen LogP contribution >= 0.6 is 0 Å². The first-order valence-corrected chi connectivity index (χ1v) is 12.2. The molecule has 0 radical (unpaired) electrons. The Morgan fingerprint density at radius 3 is 2.20 bits per heavy atom. The molecule has 2 amide bonds. The summed E-state index contributed by atoms with van der Waals surface area (Å²) in [7, 11) is -4.47. The lowest BCUT2D eigenvalue weighted by atomic mass is 10.2. The first-order chi connectivity index (χ1) is 16.5. The van der Waals surface area contributed by atoms with Gasteiger partial charge in [0.15, 0.2) is 0 Å². The molecule has 1 N–H and O–H groups in total. The van der Waals surface area contributed by atoms with Gasteiger partial charge in [-0.05, 0) is 55.3 Å². The number of alkyl halides is 3. The van der Waals surface area contributed by atoms with Crippen molar-refractivity contribution in [2.75, 3.05) is 0 Å². The van der Waals surface area contributed by atoms with Crippen molar-refractivity contribution in [3.8, 4) is 5.75 Å². The predicted molar refractivity (Wildman–Crippen MR) is 125 cm³/mol. The maximum absolute atomic E-state index is 12.9. The van der Waals surface area contributed by atoms with Crippen molar-refractivity contribution < 1.29 is 30.6 Å². The molecule has 10 heteroatoms. The van der Waals surface area contributed by atoms with Gasteiger partial charge in [-0.1, -0.05) is 48.5 Å². The first-order valence-electron chi connectivity index (χ1n) is 10.7. The molecule has 0 atom stereocenters. The molecule has 35 heavy (non-hydrogen) atoms. The molecule has 186 valence electrons. The van der Waals surface area contributed by atoms with Crippen LogP contribution in [-0.2, 0) is 29.4 Å². The Labute approximate surface area is 202 Å². The number of nitrogens with zero attached hydrogens (tertiary/aromatic N) is 1. The molecule has 0 aliphatic carbocycles. The molecule has 0 aliphatic rings. The summed E-state index contributed by atoms with van der Waals surface area (Å²) in [6.07, 6.45) is -4.68. The third-order valence-corrected chi connectivity index (χ3v) is 6.35. The van der Waals surface area contributed by atoms with Crippen LogP contribution < -0.4 is 9.50 Å². The largest absolute Gasteiger partial charge is 0.416 e. The highest BCUT2D eigenvalue weighted by atomic mass is 32.2. The fraction of sp³-hybridized carbons (Fsp3) is 0.240. The molecule has 0 saturated carbocycles. The number of nitrogens with one attached hydrogen (secondary N) is 1. The van der Waals surface area contributed by atoms with Crippen LogP contribution in [0.25, 0.3) is 0 Å². The van der Waals surface area contributed by atoms with Crippen LogP contribution in [0.4, 0.5) is 18.0 Å². The Morgan fingerprint density at radius 1 is 0.943 bits per heavy atom. The Balaban J connectivity index is 1.66. The van der Waals surface area contributed by atoms with Gasteiger partial charge in [-0.25, -0.2) is 4.79 Å². The van der Waals surface area contributed by atoms with E-state index in [-0.39, 0.29) is 24.4 Å². The van der Waals surface area contributed by atoms with Gasteiger partial charge in [0.25, 0.3) is 0 Å². The van der Waals surface area contributed by atoms with Crippen molar-refractivity contribution >= 4 is 16.1 Å². The summed E-state index contributed by atoms with van der Waals surface area (Å²) in [6, 6.07) is 18.4. The minimum atomic E-state index is -4.68. The number of carbonyl (C=O) groups excluding carboxylic acids is 1. The summed E-state index contributed by atoms with van der Waals surface area (Å²) in [5, 5.41) is 2.88. The number of carbonyl (C=O) groups is 1. The molecule has 0 aromatic heterocycles. The number of urea groups is 1. The van der Waals surface area contributed by atoms with Gasteiger partial charge in [-0.2, -0.15) is 21.6 Å². The van der Waals surface area contributed by atoms with E-state index in [9.17, 15) is 26.4 Å². The van der Waals surface area contributed by atoms with Crippen molar-refractivity contribution in [2.45, 2.75) is 44.1 Å². The Hall–Kier alpha value is -3.53. The summed E-state index contributed by atoms with van der Waals surface area (Å²) < 4.78 is 68.7. The van der Waals surface area contributed by atoms with Crippen molar-refractivity contribution in [2.24, 2.45) is 0 Å². The average molecular weight is 507 g/mol. The molecule has 6 nitrogen and oxygen atoms in total. The van der Waals surface area contributed by atoms with Gasteiger partial charge in [0.2, 0.25) is 0 Å². The molecule has 0 heterocycles. The third-order valence-electron chi connectivity index (χ3n) is 5.10. The average Bonchev–Trinajstić information content (AvgIpc) is 2.82. The van der Waals surface area contributed by atoms with Crippen LogP contribution in [0, 0.1) is 0 Å². The van der Waals surface area contributed by atoms with Gasteiger partial charge in [0.1, 0.15) is 10.6 Å². The lowest BCUT2D eigenvalue weighted by Gasteiger charge is -2.27. The number of hydrogen-bond donors (Lipinski definition) is 1. The lowest BCUT2D eigenvalue weighted by Crippen LogP contribution is -2.43. The smallest absolute Gasteiger partial charge is 0.379 e. The summed E-state index contributed by atoms with van der Waals surface area (Å²) in [5.74, 6) is -0.0595. The Kier molecular flexibility index (Phi) is 8.06. The predicted octanol–water partition coefficient (Wildman–Crippen LogP) is 5.59. The second-order valence-corrected chi connectivity index (χ2v) is 9.62. The molecular formula is C25H25F3N2O4S. The van der Waals surface area contributed by atoms with Crippen LogP contribution in [0.5, 0.6) is 5.75 Å². The van der Waals surface area contributed by atoms with E-state index >= 15 is 0 Å². The van der Waals surface area contributed by atoms with E-state index in [4.69, 9.17) is 4.18 Å². The molecule has 0 bridgehead atoms. The van der Waals surface area contributed by atoms with E-state index in [1.165, 1.54) is 12.1 Å². The second kappa shape index (κ2) is 10.8. The fourth-order valence-electron chi connectivity index (χ4n) is 3.21. The highest BCUT2D eigenvalue weighted by Crippen LogP contribution is 2.31. The van der Waals surface area contributed by atoms with Crippen molar-refractivity contribution in [1.29, 1.82) is 0 Å². The summed E-state index contributed by atoms with van der Waals surface area (Å²) >= 11 is 0. The zero-order valence-corrected chi connectivity index (χ0v) is 19.9. The molecule has 0 spiro atoms. The van der Waals surface area contributed by atoms with Crippen LogP contribution in [0.2, 0.25) is 0 Å². The van der Waals surface area contributed by atoms with E-state index in [2.05, 4.69) is 5.32 Å². The van der Waals surface area contributed by atoms with Gasteiger partial charge >= 0.3 is 22.3 Å². The molecule has 3 aromatic rings. The normalized spacial score (nSPS) is 11.8. The van der Waals surface area contributed by atoms with E-state index < -0.39 is 26.8 Å². The summed E-state index contributed by atoms with van der Waals surface area (Å²) in [5.41, 5.74) is 0.599. The quantitative estimate of drug-likeness (QED) is 0.404. The molecule has 0 unspecified atom stereocenters. The SMILES string of the molecule is CC(C)N(Cc1ccc(OS(=O)(=O)c2cccc(C(F)(F)F)c2)cc1)C(=O)NCc1ccccc1. The van der Waals surface area contributed by atoms with E-state index in [1.807, 2.05) is 44.2 Å². The standard InChI is InChI=1S/C25H25F3N2O4S/c1-18(2)30(24(31)29-16-19-7-4-3-5-8-19)17-20-11-13-22(14-12-20)34-35(32,33)23-10-6-9-21(15-23)25(26,27)28/h3-15,18H,16-17H2,1-2H3,(H,29,31). The minimum absolute atomic E-state index is 0.0595. The third kappa shape index (κ3) is 7.22. The molecule has 0 fully saturated rings. The highest BCUT2D eigenvalue weighted by molar-refractivity contribution is 7.87. The maximum Gasteiger partial charge on any atom is 0.416 e. The van der Waals surface area contributed by atoms with E-state index in [0.29, 0.717) is 12.6 Å². The van der Waals surface area contributed by atoms with Gasteiger partial charge < -0.3 is 14.4 Å². The van der Waals surface area contributed by atoms with Crippen LogP contribution in [0.1, 0.15) is 30.5 Å². The first kappa shape index (κ1) is 26.1. The van der Waals surface area contributed by atoms with Crippen LogP contribution in [0.15, 0.2) is 83.8 Å².